The lowest BCUT2D eigenvalue weighted by atomic mass is 10.1. The number of benzene rings is 1. The lowest BCUT2D eigenvalue weighted by molar-refractivity contribution is 0.577. The third-order valence-electron chi connectivity index (χ3n) is 2.69. The van der Waals surface area contributed by atoms with Crippen LogP contribution in [0, 0.1) is 0 Å². The third-order valence-corrected chi connectivity index (χ3v) is 5.21. The first-order chi connectivity index (χ1) is 9.24. The Morgan fingerprint density at radius 3 is 2.20 bits per heavy atom. The molecule has 0 bridgehead atoms. The number of hydrogen-bond acceptors (Lipinski definition) is 4. The van der Waals surface area contributed by atoms with Crippen molar-refractivity contribution in [1.29, 1.82) is 0 Å². The molecule has 0 heterocycles. The van der Waals surface area contributed by atoms with Crippen LogP contribution in [0.3, 0.4) is 0 Å². The van der Waals surface area contributed by atoms with Crippen molar-refractivity contribution >= 4 is 20.0 Å². The molecule has 6 nitrogen and oxygen atoms in total. The van der Waals surface area contributed by atoms with E-state index in [4.69, 9.17) is 5.14 Å². The Hall–Kier alpha value is -0.960. The van der Waals surface area contributed by atoms with Crippen LogP contribution < -0.4 is 9.86 Å². The number of primary sulfonamides is 1. The highest BCUT2D eigenvalue weighted by Gasteiger charge is 2.08. The van der Waals surface area contributed by atoms with E-state index in [2.05, 4.69) is 4.72 Å². The second-order valence-corrected chi connectivity index (χ2v) is 7.99. The summed E-state index contributed by atoms with van der Waals surface area (Å²) in [5.74, 6) is 0.135. The van der Waals surface area contributed by atoms with E-state index in [0.29, 0.717) is 25.8 Å². The van der Waals surface area contributed by atoms with E-state index in [1.807, 2.05) is 6.92 Å². The summed E-state index contributed by atoms with van der Waals surface area (Å²) >= 11 is 0. The maximum atomic E-state index is 11.4. The van der Waals surface area contributed by atoms with Gasteiger partial charge in [-0.15, -0.1) is 0 Å². The van der Waals surface area contributed by atoms with Crippen molar-refractivity contribution in [1.82, 2.24) is 4.72 Å². The largest absolute Gasteiger partial charge is 0.238 e. The lowest BCUT2D eigenvalue weighted by Gasteiger charge is -2.06. The van der Waals surface area contributed by atoms with E-state index in [1.165, 1.54) is 12.1 Å². The molecule has 0 unspecified atom stereocenters. The topological polar surface area (TPSA) is 106 Å². The normalized spacial score (nSPS) is 12.5. The number of hydrogen-bond donors (Lipinski definition) is 2. The van der Waals surface area contributed by atoms with Gasteiger partial charge in [-0.1, -0.05) is 19.1 Å². The molecule has 0 saturated carbocycles. The summed E-state index contributed by atoms with van der Waals surface area (Å²) in [7, 11) is -6.82. The molecule has 0 amide bonds. The van der Waals surface area contributed by atoms with Gasteiger partial charge in [0.2, 0.25) is 20.0 Å². The van der Waals surface area contributed by atoms with Crippen LogP contribution in [0.4, 0.5) is 0 Å². The minimum absolute atomic E-state index is 0.0740. The molecule has 0 aliphatic heterocycles. The standard InChI is InChI=1S/C12H20N2O4S2/c1-2-10-19(15,16)14-9-3-4-11-5-7-12(8-6-11)20(13,17)18/h5-8,14H,2-4,9-10H2,1H3,(H2,13,17,18). The Bertz CT molecular complexity index is 622. The van der Waals surface area contributed by atoms with Crippen molar-refractivity contribution < 1.29 is 16.8 Å². The first-order valence-electron chi connectivity index (χ1n) is 6.33. The second kappa shape index (κ2) is 7.16. The predicted molar refractivity (Wildman–Crippen MR) is 78.2 cm³/mol. The molecule has 1 rings (SSSR count). The zero-order chi connectivity index (χ0) is 15.2. The highest BCUT2D eigenvalue weighted by Crippen LogP contribution is 2.10. The fourth-order valence-corrected chi connectivity index (χ4v) is 3.36. The van der Waals surface area contributed by atoms with Gasteiger partial charge in [-0.2, -0.15) is 0 Å². The Morgan fingerprint density at radius 1 is 1.10 bits per heavy atom. The molecule has 3 N–H and O–H groups in total. The average Bonchev–Trinajstić information content (AvgIpc) is 2.34. The predicted octanol–water partition coefficient (Wildman–Crippen LogP) is 0.596. The number of rotatable bonds is 8. The molecule has 0 spiro atoms. The summed E-state index contributed by atoms with van der Waals surface area (Å²) in [6, 6.07) is 6.26. The van der Waals surface area contributed by atoms with Crippen molar-refractivity contribution in [3.8, 4) is 0 Å². The minimum Gasteiger partial charge on any atom is -0.225 e. The summed E-state index contributed by atoms with van der Waals surface area (Å²) in [4.78, 5) is 0.0740. The number of nitrogens with two attached hydrogens (primary N) is 1. The van der Waals surface area contributed by atoms with Crippen LogP contribution in [0.25, 0.3) is 0 Å². The van der Waals surface area contributed by atoms with Crippen LogP contribution in [0.15, 0.2) is 29.2 Å². The van der Waals surface area contributed by atoms with Crippen LogP contribution in [0.2, 0.25) is 0 Å². The van der Waals surface area contributed by atoms with Gasteiger partial charge in [-0.05, 0) is 37.0 Å². The average molecular weight is 320 g/mol. The van der Waals surface area contributed by atoms with Gasteiger partial charge in [0, 0.05) is 6.54 Å². The van der Waals surface area contributed by atoms with Crippen LogP contribution in [-0.2, 0) is 26.5 Å². The molecule has 0 aromatic heterocycles. The monoisotopic (exact) mass is 320 g/mol. The van der Waals surface area contributed by atoms with Crippen molar-refractivity contribution in [2.45, 2.75) is 31.1 Å². The first kappa shape index (κ1) is 17.1. The molecule has 8 heteroatoms. The van der Waals surface area contributed by atoms with Gasteiger partial charge in [0.1, 0.15) is 0 Å². The quantitative estimate of drug-likeness (QED) is 0.684. The molecule has 0 saturated heterocycles. The molecule has 1 aromatic rings. The van der Waals surface area contributed by atoms with Gasteiger partial charge in [0.15, 0.2) is 0 Å². The number of aryl methyl sites for hydroxylation is 1. The van der Waals surface area contributed by atoms with E-state index in [0.717, 1.165) is 5.56 Å². The summed E-state index contributed by atoms with van der Waals surface area (Å²) in [5.41, 5.74) is 0.937. The fourth-order valence-electron chi connectivity index (χ4n) is 1.71. The van der Waals surface area contributed by atoms with Gasteiger partial charge in [-0.25, -0.2) is 26.7 Å². The molecule has 20 heavy (non-hydrogen) atoms. The maximum absolute atomic E-state index is 11.4. The number of nitrogens with one attached hydrogen (secondary N) is 1. The van der Waals surface area contributed by atoms with Gasteiger partial charge in [0.25, 0.3) is 0 Å². The van der Waals surface area contributed by atoms with Crippen molar-refractivity contribution in [3.05, 3.63) is 29.8 Å². The molecule has 1 aromatic carbocycles. The highest BCUT2D eigenvalue weighted by atomic mass is 32.2. The smallest absolute Gasteiger partial charge is 0.225 e. The van der Waals surface area contributed by atoms with Crippen LogP contribution in [-0.4, -0.2) is 29.1 Å². The Morgan fingerprint density at radius 2 is 1.70 bits per heavy atom. The van der Waals surface area contributed by atoms with Gasteiger partial charge < -0.3 is 0 Å². The van der Waals surface area contributed by atoms with Crippen molar-refractivity contribution in [2.24, 2.45) is 5.14 Å². The molecular weight excluding hydrogens is 300 g/mol. The van der Waals surface area contributed by atoms with Crippen LogP contribution in [0.1, 0.15) is 25.3 Å². The molecule has 0 fully saturated rings. The molecule has 0 atom stereocenters. The summed E-state index contributed by atoms with van der Waals surface area (Å²) in [6.45, 7) is 2.19. The van der Waals surface area contributed by atoms with E-state index < -0.39 is 20.0 Å². The van der Waals surface area contributed by atoms with Gasteiger partial charge in [-0.3, -0.25) is 0 Å². The summed E-state index contributed by atoms with van der Waals surface area (Å²) in [5, 5.41) is 5.00. The first-order valence-corrected chi connectivity index (χ1v) is 9.53. The molecule has 0 radical (unpaired) electrons. The summed E-state index contributed by atoms with van der Waals surface area (Å²) < 4.78 is 47.5. The van der Waals surface area contributed by atoms with E-state index >= 15 is 0 Å². The molecule has 114 valence electrons. The second-order valence-electron chi connectivity index (χ2n) is 4.51. The van der Waals surface area contributed by atoms with Crippen LogP contribution >= 0.6 is 0 Å². The van der Waals surface area contributed by atoms with Gasteiger partial charge in [0.05, 0.1) is 10.6 Å². The zero-order valence-electron chi connectivity index (χ0n) is 11.4. The van der Waals surface area contributed by atoms with Crippen molar-refractivity contribution in [2.75, 3.05) is 12.3 Å². The third kappa shape index (κ3) is 6.00. The Labute approximate surface area is 120 Å². The van der Waals surface area contributed by atoms with Crippen molar-refractivity contribution in [3.63, 3.8) is 0 Å². The highest BCUT2D eigenvalue weighted by molar-refractivity contribution is 7.89. The molecule has 0 aliphatic rings. The molecule has 0 aliphatic carbocycles. The van der Waals surface area contributed by atoms with E-state index in [9.17, 15) is 16.8 Å². The summed E-state index contributed by atoms with van der Waals surface area (Å²) in [6.07, 6.45) is 1.90. The minimum atomic E-state index is -3.66. The van der Waals surface area contributed by atoms with Gasteiger partial charge >= 0.3 is 0 Å². The maximum Gasteiger partial charge on any atom is 0.238 e. The van der Waals surface area contributed by atoms with E-state index in [-0.39, 0.29) is 10.6 Å². The Balaban J connectivity index is 2.44. The number of sulfonamides is 2. The molecular formula is C12H20N2O4S2. The lowest BCUT2D eigenvalue weighted by Crippen LogP contribution is -2.27. The Kier molecular flexibility index (Phi) is 6.12. The van der Waals surface area contributed by atoms with Crippen LogP contribution in [0.5, 0.6) is 0 Å². The fraction of sp³-hybridized carbons (Fsp3) is 0.500. The SMILES string of the molecule is CCCS(=O)(=O)NCCCc1ccc(S(N)(=O)=O)cc1. The van der Waals surface area contributed by atoms with E-state index in [1.54, 1.807) is 12.1 Å². The zero-order valence-corrected chi connectivity index (χ0v) is 13.0.